The number of methoxy groups -OCH3 is 2. The average molecular weight is 1250 g/mol. The summed E-state index contributed by atoms with van der Waals surface area (Å²) >= 11 is 0. The lowest BCUT2D eigenvalue weighted by Gasteiger charge is -2.32. The van der Waals surface area contributed by atoms with Gasteiger partial charge < -0.3 is 87.4 Å². The lowest BCUT2D eigenvalue weighted by molar-refractivity contribution is -0.148. The molecule has 3 aromatic rings. The van der Waals surface area contributed by atoms with E-state index in [1.807, 2.05) is 43.3 Å². The number of hydrogen-bond acceptors (Lipinski definition) is 20. The maximum atomic E-state index is 12.2. The second-order valence-electron chi connectivity index (χ2n) is 20.2. The second-order valence-corrected chi connectivity index (χ2v) is 20.2. The van der Waals surface area contributed by atoms with Gasteiger partial charge >= 0.3 is 24.0 Å². The number of fused-ring (bicyclic) bond motifs is 1. The number of nitrogen functional groups attached to an aromatic ring is 1. The molecule has 0 aromatic heterocycles. The number of rotatable bonds is 24. The number of ether oxygens (including phenoxy) is 4. The van der Waals surface area contributed by atoms with Crippen LogP contribution in [0.3, 0.4) is 0 Å². The molecule has 89 heavy (non-hydrogen) atoms. The minimum Gasteiger partial charge on any atom is -0.480 e. The second kappa shape index (κ2) is 40.4. The standard InChI is InChI=1S/C23H32N4O8.C15H23N3O7.C14H17NO3.C8H11NO2/c1-35-23(34)17-4-2-16(3-5-17)22(33)26-10-20(31)24-9-19(30)25-11-21(32)27-18-7-14(12-28)6-15(8-18)13-29;1-25-15(24)10-4-2-9(3-5-10)14(23)18-7-12(20)16-6-11(19)17-8-13(21)22;1-3-17-13-10-9-11-7-5-6-8-12(11)15(13)14(16)18-4-2;9-8-2-6(4-10)1-7(3-8)5-11/h6-8,16-17,28-29H,2-5,9-13H2,1H3,(H,24,31)(H,25,30)(H,26,33)(H,27,32);9-10H,2-8H2,1H3,(H,16,20)(H,17,19)(H,18,23)(H,21,22);5-10,13H,3-4H2,1-2H3;1-3,10-11H,4-5,9H2. The zero-order valence-corrected chi connectivity index (χ0v) is 50.3. The van der Waals surface area contributed by atoms with Gasteiger partial charge in [0.05, 0.1) is 97.5 Å². The molecular weight excluding hydrogens is 1170 g/mol. The zero-order valence-electron chi connectivity index (χ0n) is 50.3. The average Bonchev–Trinajstić information content (AvgIpc) is 2.05. The third-order valence-corrected chi connectivity index (χ3v) is 13.7. The summed E-state index contributed by atoms with van der Waals surface area (Å²) < 4.78 is 20.1. The van der Waals surface area contributed by atoms with Gasteiger partial charge in [0, 0.05) is 29.8 Å². The molecule has 1 unspecified atom stereocenters. The highest BCUT2D eigenvalue weighted by molar-refractivity contribution is 5.96. The van der Waals surface area contributed by atoms with E-state index >= 15 is 0 Å². The van der Waals surface area contributed by atoms with Crippen molar-refractivity contribution >= 4 is 88.5 Å². The van der Waals surface area contributed by atoms with Gasteiger partial charge in [-0.25, -0.2) is 9.69 Å². The van der Waals surface area contributed by atoms with Crippen LogP contribution in [0.2, 0.25) is 0 Å². The molecule has 488 valence electrons. The van der Waals surface area contributed by atoms with E-state index in [0.717, 1.165) is 22.4 Å². The molecule has 0 spiro atoms. The van der Waals surface area contributed by atoms with Crippen molar-refractivity contribution in [3.05, 3.63) is 94.6 Å². The number of nitrogens with zero attached hydrogens (tertiary/aromatic N) is 1. The fourth-order valence-electron chi connectivity index (χ4n) is 9.25. The summed E-state index contributed by atoms with van der Waals surface area (Å²) in [4.78, 5) is 130. The summed E-state index contributed by atoms with van der Waals surface area (Å²) in [5.41, 5.74) is 10.7. The molecule has 2 saturated carbocycles. The highest BCUT2D eigenvalue weighted by Crippen LogP contribution is 2.32. The maximum Gasteiger partial charge on any atom is 0.416 e. The summed E-state index contributed by atoms with van der Waals surface area (Å²) in [6.07, 6.45) is 7.45. The van der Waals surface area contributed by atoms with Crippen LogP contribution in [0, 0.1) is 23.7 Å². The van der Waals surface area contributed by atoms with Gasteiger partial charge in [0.25, 0.3) is 0 Å². The summed E-state index contributed by atoms with van der Waals surface area (Å²) in [5, 5.41) is 61.0. The van der Waals surface area contributed by atoms with Crippen molar-refractivity contribution in [1.29, 1.82) is 0 Å². The van der Waals surface area contributed by atoms with Crippen LogP contribution in [0.25, 0.3) is 6.08 Å². The van der Waals surface area contributed by atoms with Gasteiger partial charge in [0.2, 0.25) is 41.4 Å². The van der Waals surface area contributed by atoms with Crippen molar-refractivity contribution in [1.82, 2.24) is 31.9 Å². The van der Waals surface area contributed by atoms with Crippen LogP contribution >= 0.6 is 0 Å². The van der Waals surface area contributed by atoms with E-state index in [2.05, 4.69) is 42.0 Å². The van der Waals surface area contributed by atoms with Crippen molar-refractivity contribution in [3.63, 3.8) is 0 Å². The lowest BCUT2D eigenvalue weighted by Crippen LogP contribution is -2.44. The van der Waals surface area contributed by atoms with Crippen molar-refractivity contribution in [2.45, 2.75) is 97.9 Å². The number of benzene rings is 3. The smallest absolute Gasteiger partial charge is 0.416 e. The van der Waals surface area contributed by atoms with E-state index in [9.17, 15) is 63.0 Å². The number of para-hydroxylation sites is 1. The SMILES string of the molecule is CCOC(=O)N1c2ccccc2C=CC1OCC.COC(=O)C1CCC(C(=O)NCC(=O)NCC(=O)NCC(=O)Nc2cc(CO)cc(CO)c2)CC1.COC(=O)C1CCC(C(=O)NCC(=O)NCC(=O)NCC(=O)O)CC1.Nc1cc(CO)cc(CO)c1. The Hall–Kier alpha value is -9.03. The first kappa shape index (κ1) is 74.2. The molecule has 0 saturated heterocycles. The maximum absolute atomic E-state index is 12.2. The minimum atomic E-state index is -1.19. The van der Waals surface area contributed by atoms with E-state index in [1.54, 1.807) is 36.1 Å². The topological polar surface area (TPSA) is 439 Å². The van der Waals surface area contributed by atoms with Crippen LogP contribution in [0.5, 0.6) is 0 Å². The number of aliphatic hydroxyl groups is 4. The van der Waals surface area contributed by atoms with E-state index < -0.39 is 48.3 Å². The number of hydrogen-bond donors (Lipinski definition) is 13. The first-order chi connectivity index (χ1) is 42.6. The molecule has 1 atom stereocenters. The van der Waals surface area contributed by atoms with Gasteiger partial charge in [-0.1, -0.05) is 36.4 Å². The summed E-state index contributed by atoms with van der Waals surface area (Å²) in [5.74, 6) is -6.06. The number of amides is 8. The number of carbonyl (C=O) groups is 11. The number of nitrogens with two attached hydrogens (primary N) is 1. The Morgan fingerprint density at radius 3 is 1.31 bits per heavy atom. The first-order valence-electron chi connectivity index (χ1n) is 28.7. The highest BCUT2D eigenvalue weighted by atomic mass is 16.6. The molecule has 3 aliphatic rings. The largest absolute Gasteiger partial charge is 0.480 e. The lowest BCUT2D eigenvalue weighted by atomic mass is 9.81. The van der Waals surface area contributed by atoms with Crippen molar-refractivity contribution in [2.75, 3.05) is 82.7 Å². The molecule has 0 radical (unpaired) electrons. The normalized spacial score (nSPS) is 16.9. The van der Waals surface area contributed by atoms with Crippen molar-refractivity contribution in [3.8, 4) is 0 Å². The Morgan fingerprint density at radius 2 is 0.910 bits per heavy atom. The zero-order chi connectivity index (χ0) is 65.8. The van der Waals surface area contributed by atoms with Crippen LogP contribution in [0.1, 0.15) is 93.0 Å². The van der Waals surface area contributed by atoms with Gasteiger partial charge in [-0.3, -0.25) is 47.9 Å². The fourth-order valence-corrected chi connectivity index (χ4v) is 9.25. The molecule has 2 aliphatic carbocycles. The van der Waals surface area contributed by atoms with Crippen LogP contribution in [0.4, 0.5) is 21.9 Å². The number of nitrogens with one attached hydrogen (secondary N) is 7. The van der Waals surface area contributed by atoms with Gasteiger partial charge in [0.15, 0.2) is 6.23 Å². The number of carbonyl (C=O) groups excluding carboxylic acids is 10. The Labute approximate surface area is 514 Å². The quantitative estimate of drug-likeness (QED) is 0.0332. The predicted octanol–water partition coefficient (Wildman–Crippen LogP) is 0.629. The molecule has 8 amide bonds. The van der Waals surface area contributed by atoms with Gasteiger partial charge in [0.1, 0.15) is 6.54 Å². The monoisotopic (exact) mass is 1250 g/mol. The minimum absolute atomic E-state index is 0.0436. The Balaban J connectivity index is 0.000000333. The Kier molecular flexibility index (Phi) is 33.7. The number of aliphatic hydroxyl groups excluding tert-OH is 4. The summed E-state index contributed by atoms with van der Waals surface area (Å²) in [7, 11) is 2.67. The van der Waals surface area contributed by atoms with E-state index in [1.165, 1.54) is 26.4 Å². The summed E-state index contributed by atoms with van der Waals surface area (Å²) in [6.45, 7) is 1.78. The van der Waals surface area contributed by atoms with Gasteiger partial charge in [-0.15, -0.1) is 0 Å². The van der Waals surface area contributed by atoms with E-state index in [-0.39, 0.29) is 113 Å². The molecule has 29 heteroatoms. The number of carboxylic acids is 1. The van der Waals surface area contributed by atoms with E-state index in [0.29, 0.717) is 87.1 Å². The fraction of sp³-hybridized carbons (Fsp3) is 0.483. The third-order valence-electron chi connectivity index (χ3n) is 13.7. The number of aliphatic carboxylic acids is 1. The van der Waals surface area contributed by atoms with Crippen molar-refractivity contribution in [2.24, 2.45) is 23.7 Å². The van der Waals surface area contributed by atoms with Crippen LogP contribution in [-0.2, 0) is 93.3 Å². The Morgan fingerprint density at radius 1 is 0.517 bits per heavy atom. The highest BCUT2D eigenvalue weighted by Gasteiger charge is 2.33. The third kappa shape index (κ3) is 27.3. The molecule has 2 fully saturated rings. The van der Waals surface area contributed by atoms with Gasteiger partial charge in [-0.2, -0.15) is 0 Å². The summed E-state index contributed by atoms with van der Waals surface area (Å²) in [6, 6.07) is 17.4. The number of esters is 2. The van der Waals surface area contributed by atoms with Crippen molar-refractivity contribution < 1.29 is 97.2 Å². The van der Waals surface area contributed by atoms with Crippen LogP contribution in [0.15, 0.2) is 66.7 Å². The molecule has 0 bridgehead atoms. The molecule has 1 heterocycles. The Bertz CT molecular complexity index is 2850. The van der Waals surface area contributed by atoms with Crippen LogP contribution in [-0.4, -0.2) is 164 Å². The number of anilines is 3. The molecule has 6 rings (SSSR count). The first-order valence-corrected chi connectivity index (χ1v) is 28.7. The molecule has 3 aromatic carbocycles. The molecular formula is C60H83N9O20. The molecule has 29 nitrogen and oxygen atoms in total. The van der Waals surface area contributed by atoms with E-state index in [4.69, 9.17) is 35.3 Å². The van der Waals surface area contributed by atoms with Gasteiger partial charge in [-0.05, 0) is 129 Å². The molecule has 1 aliphatic heterocycles. The molecule has 14 N–H and O–H groups in total. The number of carboxylic acid groups (broad SMARTS) is 1. The predicted molar refractivity (Wildman–Crippen MR) is 321 cm³/mol. The van der Waals surface area contributed by atoms with Crippen LogP contribution < -0.4 is 47.9 Å².